The smallest absolute Gasteiger partial charge is 0.319 e. The van der Waals surface area contributed by atoms with Crippen LogP contribution < -0.4 is 4.74 Å². The van der Waals surface area contributed by atoms with Crippen molar-refractivity contribution in [3.05, 3.63) is 42.0 Å². The van der Waals surface area contributed by atoms with E-state index in [0.29, 0.717) is 18.6 Å². The molecule has 2 bridgehead atoms. The van der Waals surface area contributed by atoms with Crippen molar-refractivity contribution < 1.29 is 66.6 Å². The number of cyclic esters (lactones) is 1. The summed E-state index contributed by atoms with van der Waals surface area (Å²) >= 11 is 3.90. The predicted molar refractivity (Wildman–Crippen MR) is 186 cm³/mol. The minimum absolute atomic E-state index is 0.00250. The Balaban J connectivity index is 1.36. The summed E-state index contributed by atoms with van der Waals surface area (Å²) < 4.78 is 53.3. The third kappa shape index (κ3) is 6.44. The number of hydrogen-bond donors (Lipinski definition) is 0. The second kappa shape index (κ2) is 15.0. The molecule has 1 aromatic rings. The van der Waals surface area contributed by atoms with Gasteiger partial charge in [0, 0.05) is 46.1 Å². The highest BCUT2D eigenvalue weighted by atomic mass is 79.9. The van der Waals surface area contributed by atoms with E-state index in [1.165, 1.54) is 27.9 Å². The molecule has 1 unspecified atom stereocenters. The zero-order chi connectivity index (χ0) is 38.5. The number of halogens is 1. The molecule has 5 fully saturated rings. The monoisotopic (exact) mass is 806 g/mol. The molecule has 290 valence electrons. The lowest BCUT2D eigenvalue weighted by atomic mass is 9.44. The van der Waals surface area contributed by atoms with Crippen molar-refractivity contribution in [2.75, 3.05) is 34.5 Å². The Kier molecular flexibility index (Phi) is 11.1. The molecule has 1 aliphatic heterocycles. The van der Waals surface area contributed by atoms with Crippen molar-refractivity contribution in [2.45, 2.75) is 88.1 Å². The maximum absolute atomic E-state index is 14.2. The minimum atomic E-state index is -1.86. The van der Waals surface area contributed by atoms with Crippen LogP contribution in [0.25, 0.3) is 0 Å². The summed E-state index contributed by atoms with van der Waals surface area (Å²) in [7, 11) is 4.36. The molecular formula is C38H47BrO14. The molecule has 12 atom stereocenters. The Labute approximate surface area is 316 Å². The molecular weight excluding hydrogens is 760 g/mol. The molecule has 1 heterocycles. The molecule has 0 aromatic heterocycles. The van der Waals surface area contributed by atoms with Crippen LogP contribution in [0, 0.1) is 34.5 Å². The zero-order valence-corrected chi connectivity index (χ0v) is 32.3. The fourth-order valence-electron chi connectivity index (χ4n) is 9.99. The first-order valence-electron chi connectivity index (χ1n) is 17.7. The number of ether oxygens (including phenoxy) is 9. The fraction of sp³-hybridized carbons (Fsp3) is 0.658. The van der Waals surface area contributed by atoms with Gasteiger partial charge < -0.3 is 42.6 Å². The lowest BCUT2D eigenvalue weighted by molar-refractivity contribution is -0.287. The highest BCUT2D eigenvalue weighted by molar-refractivity contribution is 9.09. The third-order valence-electron chi connectivity index (χ3n) is 12.2. The maximum Gasteiger partial charge on any atom is 0.319 e. The van der Waals surface area contributed by atoms with Crippen molar-refractivity contribution >= 4 is 45.8 Å². The van der Waals surface area contributed by atoms with E-state index in [0.717, 1.165) is 17.7 Å². The molecule has 53 heavy (non-hydrogen) atoms. The highest BCUT2D eigenvalue weighted by Gasteiger charge is 2.77. The molecule has 1 spiro atoms. The number of methoxy groups -OCH3 is 3. The van der Waals surface area contributed by atoms with Crippen molar-refractivity contribution in [2.24, 2.45) is 34.5 Å². The second-order valence-electron chi connectivity index (χ2n) is 14.7. The Bertz CT molecular complexity index is 1630. The standard InChI is InChI=1S/C38H47BrO14/c1-19-27(53-38(47-7)24-12-26(33(38)39)28(13-24)48-16-23-8-10-25(45-5)11-9-23)14-29-36(17-50-34(43)32(19)36)30(51-21(3)41)15-31(52-22(4)42)37(29,35(44)46-6)18-49-20(2)40/h8-11,24,26-33H,1,12-18H2,2-7H3/t24-,26+,27+,28+,29+,30-,31+,32?,33+,36+,37+,38-/m0/s1. The largest absolute Gasteiger partial charge is 0.497 e. The first-order chi connectivity index (χ1) is 25.2. The van der Waals surface area contributed by atoms with Gasteiger partial charge in [0.2, 0.25) is 0 Å². The lowest BCUT2D eigenvalue weighted by Crippen LogP contribution is -2.71. The normalized spacial score (nSPS) is 38.3. The van der Waals surface area contributed by atoms with Crippen LogP contribution >= 0.6 is 15.9 Å². The quantitative estimate of drug-likeness (QED) is 0.0983. The summed E-state index contributed by atoms with van der Waals surface area (Å²) in [6, 6.07) is 7.70. The molecule has 5 aliphatic rings. The van der Waals surface area contributed by atoms with E-state index in [9.17, 15) is 24.0 Å². The van der Waals surface area contributed by atoms with Gasteiger partial charge in [-0.15, -0.1) is 0 Å². The van der Waals surface area contributed by atoms with Crippen LogP contribution in [0.4, 0.5) is 0 Å². The Morgan fingerprint density at radius 1 is 0.925 bits per heavy atom. The van der Waals surface area contributed by atoms with Gasteiger partial charge in [-0.05, 0) is 48.4 Å². The zero-order valence-electron chi connectivity index (χ0n) is 30.8. The lowest BCUT2D eigenvalue weighted by Gasteiger charge is -2.61. The van der Waals surface area contributed by atoms with E-state index in [-0.39, 0.29) is 42.2 Å². The van der Waals surface area contributed by atoms with Gasteiger partial charge in [-0.3, -0.25) is 24.0 Å². The van der Waals surface area contributed by atoms with Gasteiger partial charge in [-0.25, -0.2) is 0 Å². The average molecular weight is 808 g/mol. The van der Waals surface area contributed by atoms with E-state index in [2.05, 4.69) is 22.5 Å². The van der Waals surface area contributed by atoms with E-state index >= 15 is 0 Å². The van der Waals surface area contributed by atoms with E-state index in [4.69, 9.17) is 42.6 Å². The fourth-order valence-corrected chi connectivity index (χ4v) is 11.2. The minimum Gasteiger partial charge on any atom is -0.497 e. The number of benzene rings is 1. The van der Waals surface area contributed by atoms with Gasteiger partial charge in [0.25, 0.3) is 0 Å². The highest BCUT2D eigenvalue weighted by Crippen LogP contribution is 2.67. The van der Waals surface area contributed by atoms with E-state index < -0.39 is 83.2 Å². The molecule has 0 radical (unpaired) electrons. The summed E-state index contributed by atoms with van der Waals surface area (Å²) in [6.45, 7) is 7.58. The van der Waals surface area contributed by atoms with Gasteiger partial charge in [-0.1, -0.05) is 34.6 Å². The number of hydrogen-bond acceptors (Lipinski definition) is 14. The molecule has 1 saturated heterocycles. The Morgan fingerprint density at radius 2 is 1.60 bits per heavy atom. The molecule has 14 nitrogen and oxygen atoms in total. The summed E-state index contributed by atoms with van der Waals surface area (Å²) in [5.41, 5.74) is -1.87. The van der Waals surface area contributed by atoms with Crippen molar-refractivity contribution in [1.29, 1.82) is 0 Å². The van der Waals surface area contributed by atoms with Gasteiger partial charge in [0.05, 0.1) is 49.2 Å². The summed E-state index contributed by atoms with van der Waals surface area (Å²) in [5.74, 6) is -6.21. The molecule has 15 heteroatoms. The van der Waals surface area contributed by atoms with Crippen molar-refractivity contribution in [3.63, 3.8) is 0 Å². The molecule has 1 aromatic carbocycles. The summed E-state index contributed by atoms with van der Waals surface area (Å²) in [6.07, 6.45) is -2.20. The number of esters is 5. The number of alkyl halides is 1. The van der Waals surface area contributed by atoms with E-state index in [1.807, 2.05) is 24.3 Å². The maximum atomic E-state index is 14.2. The topological polar surface area (TPSA) is 168 Å². The van der Waals surface area contributed by atoms with Crippen molar-refractivity contribution in [3.8, 4) is 5.75 Å². The van der Waals surface area contributed by atoms with Crippen LogP contribution in [-0.2, 0) is 68.5 Å². The first kappa shape index (κ1) is 39.2. The number of fused-ring (bicyclic) bond motifs is 2. The molecule has 0 N–H and O–H groups in total. The van der Waals surface area contributed by atoms with Crippen LogP contribution in [0.2, 0.25) is 0 Å². The van der Waals surface area contributed by atoms with Gasteiger partial charge >= 0.3 is 29.8 Å². The summed E-state index contributed by atoms with van der Waals surface area (Å²) in [5, 5.41) is 0. The van der Waals surface area contributed by atoms with Gasteiger partial charge in [-0.2, -0.15) is 0 Å². The molecule has 6 rings (SSSR count). The molecule has 4 saturated carbocycles. The number of carbonyl (C=O) groups is 5. The first-order valence-corrected chi connectivity index (χ1v) is 18.6. The van der Waals surface area contributed by atoms with Crippen LogP contribution in [0.1, 0.15) is 52.0 Å². The number of carbonyl (C=O) groups excluding carboxylic acids is 5. The third-order valence-corrected chi connectivity index (χ3v) is 13.5. The van der Waals surface area contributed by atoms with Crippen molar-refractivity contribution in [1.82, 2.24) is 0 Å². The second-order valence-corrected chi connectivity index (χ2v) is 15.7. The van der Waals surface area contributed by atoms with Crippen LogP contribution in [0.15, 0.2) is 36.4 Å². The molecule has 0 amide bonds. The number of rotatable bonds is 12. The summed E-state index contributed by atoms with van der Waals surface area (Å²) in [4.78, 5) is 65.2. The van der Waals surface area contributed by atoms with Crippen LogP contribution in [0.5, 0.6) is 5.75 Å². The Hall–Kier alpha value is -3.53. The van der Waals surface area contributed by atoms with Crippen LogP contribution in [-0.4, -0.2) is 99.4 Å². The average Bonchev–Trinajstić information content (AvgIpc) is 3.79. The SMILES string of the molecule is C=C1C2C(=O)OC[C@@]23[C@@H](OC(C)=O)C[C@@H](OC(C)=O)[C@](COC(C)=O)(C(=O)OC)[C@@H]3C[C@H]1O[C@@]1(OC)[C@H]2C[C@@H]([C@H]1Br)[C@H](OCc1ccc(OC)cc1)C2. The van der Waals surface area contributed by atoms with E-state index in [1.54, 1.807) is 14.2 Å². The van der Waals surface area contributed by atoms with Crippen LogP contribution in [0.3, 0.4) is 0 Å². The molecule has 4 aliphatic carbocycles. The van der Waals surface area contributed by atoms with Gasteiger partial charge in [0.15, 0.2) is 5.79 Å². The Morgan fingerprint density at radius 3 is 2.19 bits per heavy atom. The predicted octanol–water partition coefficient (Wildman–Crippen LogP) is 3.84. The van der Waals surface area contributed by atoms with Gasteiger partial charge in [0.1, 0.15) is 36.6 Å².